The zero-order valence-electron chi connectivity index (χ0n) is 18.9. The minimum Gasteiger partial charge on any atom is -0.354 e. The number of hydrogen-bond donors (Lipinski definition) is 0. The lowest BCUT2D eigenvalue weighted by atomic mass is 10.0. The maximum atomic E-state index is 13.4. The number of aromatic nitrogens is 2. The number of piperazine rings is 1. The highest BCUT2D eigenvalue weighted by molar-refractivity contribution is 7.89. The lowest BCUT2D eigenvalue weighted by molar-refractivity contribution is 0.383. The van der Waals surface area contributed by atoms with Crippen LogP contribution in [0.1, 0.15) is 62.7 Å². The third-order valence-electron chi connectivity index (χ3n) is 5.63. The molecule has 1 fully saturated rings. The van der Waals surface area contributed by atoms with Crippen molar-refractivity contribution in [2.24, 2.45) is 0 Å². The molecule has 0 spiro atoms. The molecule has 6 nitrogen and oxygen atoms in total. The van der Waals surface area contributed by atoms with E-state index in [0.717, 1.165) is 34.9 Å². The molecule has 0 unspecified atom stereocenters. The number of hydrogen-bond acceptors (Lipinski definition) is 5. The van der Waals surface area contributed by atoms with Gasteiger partial charge >= 0.3 is 0 Å². The number of anilines is 1. The molecule has 1 saturated heterocycles. The highest BCUT2D eigenvalue weighted by Gasteiger charge is 2.29. The van der Waals surface area contributed by atoms with Crippen molar-refractivity contribution in [2.75, 3.05) is 36.8 Å². The molecule has 1 aromatic heterocycles. The molecule has 2 heterocycles. The number of rotatable bonds is 8. The quantitative estimate of drug-likeness (QED) is 0.615. The Morgan fingerprint density at radius 1 is 1.03 bits per heavy atom. The van der Waals surface area contributed by atoms with Crippen molar-refractivity contribution in [1.29, 1.82) is 0 Å². The number of aryl methyl sites for hydroxylation is 1. The number of sulfonamides is 1. The molecule has 0 amide bonds. The van der Waals surface area contributed by atoms with E-state index in [-0.39, 0.29) is 17.5 Å². The standard InChI is InChI=1S/C23H33FN4O2S/c1-5-15-31(29,30)28-13-11-27(12-14-28)23-20(16-18-7-9-19(24)10-8-18)21(6-2)25-22(26-23)17(3)4/h7-10,17H,5-6,11-16H2,1-4H3. The first-order valence-corrected chi connectivity index (χ1v) is 12.7. The monoisotopic (exact) mass is 448 g/mol. The van der Waals surface area contributed by atoms with E-state index >= 15 is 0 Å². The van der Waals surface area contributed by atoms with Gasteiger partial charge in [-0.2, -0.15) is 4.31 Å². The van der Waals surface area contributed by atoms with Crippen LogP contribution in [0.5, 0.6) is 0 Å². The zero-order valence-corrected chi connectivity index (χ0v) is 19.8. The van der Waals surface area contributed by atoms with E-state index in [0.29, 0.717) is 39.0 Å². The van der Waals surface area contributed by atoms with Crippen LogP contribution >= 0.6 is 0 Å². The van der Waals surface area contributed by atoms with Crippen molar-refractivity contribution in [3.63, 3.8) is 0 Å². The normalized spacial score (nSPS) is 15.6. The summed E-state index contributed by atoms with van der Waals surface area (Å²) in [5.74, 6) is 1.81. The van der Waals surface area contributed by atoms with Gasteiger partial charge in [-0.3, -0.25) is 0 Å². The van der Waals surface area contributed by atoms with E-state index < -0.39 is 10.0 Å². The fraction of sp³-hybridized carbons (Fsp3) is 0.565. The fourth-order valence-electron chi connectivity index (χ4n) is 3.90. The van der Waals surface area contributed by atoms with E-state index in [1.807, 2.05) is 6.92 Å². The van der Waals surface area contributed by atoms with Gasteiger partial charge < -0.3 is 4.90 Å². The predicted octanol–water partition coefficient (Wildman–Crippen LogP) is 3.75. The highest BCUT2D eigenvalue weighted by Crippen LogP contribution is 2.28. The lowest BCUT2D eigenvalue weighted by Gasteiger charge is -2.36. The Morgan fingerprint density at radius 3 is 2.23 bits per heavy atom. The van der Waals surface area contributed by atoms with Crippen LogP contribution in [0.15, 0.2) is 24.3 Å². The molecule has 0 aliphatic carbocycles. The van der Waals surface area contributed by atoms with Crippen molar-refractivity contribution >= 4 is 15.8 Å². The van der Waals surface area contributed by atoms with Gasteiger partial charge in [-0.05, 0) is 30.5 Å². The molecule has 1 aliphatic heterocycles. The first-order valence-electron chi connectivity index (χ1n) is 11.1. The summed E-state index contributed by atoms with van der Waals surface area (Å²) in [4.78, 5) is 11.9. The van der Waals surface area contributed by atoms with Crippen LogP contribution in [0.2, 0.25) is 0 Å². The van der Waals surface area contributed by atoms with Crippen molar-refractivity contribution in [3.8, 4) is 0 Å². The Kier molecular flexibility index (Phi) is 7.64. The largest absolute Gasteiger partial charge is 0.354 e. The molecule has 1 aliphatic rings. The van der Waals surface area contributed by atoms with E-state index in [9.17, 15) is 12.8 Å². The topological polar surface area (TPSA) is 66.4 Å². The smallest absolute Gasteiger partial charge is 0.214 e. The first kappa shape index (κ1) is 23.6. The van der Waals surface area contributed by atoms with Gasteiger partial charge in [-0.1, -0.05) is 39.8 Å². The van der Waals surface area contributed by atoms with Crippen LogP contribution in [0.3, 0.4) is 0 Å². The van der Waals surface area contributed by atoms with Crippen LogP contribution in [-0.4, -0.2) is 54.6 Å². The van der Waals surface area contributed by atoms with Crippen LogP contribution in [0.25, 0.3) is 0 Å². The van der Waals surface area contributed by atoms with Gasteiger partial charge in [-0.25, -0.2) is 22.8 Å². The van der Waals surface area contributed by atoms with Gasteiger partial charge in [0.2, 0.25) is 10.0 Å². The summed E-state index contributed by atoms with van der Waals surface area (Å²) >= 11 is 0. The number of benzene rings is 1. The molecule has 0 atom stereocenters. The van der Waals surface area contributed by atoms with Crippen molar-refractivity contribution in [1.82, 2.24) is 14.3 Å². The Bertz CT molecular complexity index is 985. The Labute approximate surface area is 185 Å². The lowest BCUT2D eigenvalue weighted by Crippen LogP contribution is -2.49. The summed E-state index contributed by atoms with van der Waals surface area (Å²) in [6.45, 7) is 10.2. The predicted molar refractivity (Wildman–Crippen MR) is 123 cm³/mol. The summed E-state index contributed by atoms with van der Waals surface area (Å²) in [7, 11) is -3.20. The van der Waals surface area contributed by atoms with Crippen molar-refractivity contribution < 1.29 is 12.8 Å². The molecular weight excluding hydrogens is 415 g/mol. The average Bonchev–Trinajstić information content (AvgIpc) is 2.75. The highest BCUT2D eigenvalue weighted by atomic mass is 32.2. The minimum atomic E-state index is -3.20. The molecule has 0 radical (unpaired) electrons. The molecular formula is C23H33FN4O2S. The molecule has 1 aromatic carbocycles. The van der Waals surface area contributed by atoms with Gasteiger partial charge in [0.25, 0.3) is 0 Å². The zero-order chi connectivity index (χ0) is 22.6. The van der Waals surface area contributed by atoms with Crippen molar-refractivity contribution in [2.45, 2.75) is 52.9 Å². The second kappa shape index (κ2) is 10.0. The summed E-state index contributed by atoms with van der Waals surface area (Å²) in [6.07, 6.45) is 2.01. The second-order valence-corrected chi connectivity index (χ2v) is 10.4. The second-order valence-electron chi connectivity index (χ2n) is 8.34. The van der Waals surface area contributed by atoms with Gasteiger partial charge in [-0.15, -0.1) is 0 Å². The van der Waals surface area contributed by atoms with E-state index in [1.54, 1.807) is 16.4 Å². The van der Waals surface area contributed by atoms with E-state index in [1.165, 1.54) is 12.1 Å². The third kappa shape index (κ3) is 5.60. The first-order chi connectivity index (χ1) is 14.7. The molecule has 8 heteroatoms. The van der Waals surface area contributed by atoms with Crippen LogP contribution in [-0.2, 0) is 22.9 Å². The van der Waals surface area contributed by atoms with E-state index in [4.69, 9.17) is 9.97 Å². The molecule has 170 valence electrons. The maximum absolute atomic E-state index is 13.4. The summed E-state index contributed by atoms with van der Waals surface area (Å²) in [6, 6.07) is 6.54. The summed E-state index contributed by atoms with van der Waals surface area (Å²) in [5.41, 5.74) is 3.05. The van der Waals surface area contributed by atoms with Crippen LogP contribution in [0.4, 0.5) is 10.2 Å². The van der Waals surface area contributed by atoms with E-state index in [2.05, 4.69) is 25.7 Å². The van der Waals surface area contributed by atoms with Gasteiger partial charge in [0, 0.05) is 49.8 Å². The Hall–Kier alpha value is -2.06. The Balaban J connectivity index is 1.94. The fourth-order valence-corrected chi connectivity index (χ4v) is 5.39. The van der Waals surface area contributed by atoms with Crippen LogP contribution in [0, 0.1) is 5.82 Å². The van der Waals surface area contributed by atoms with Crippen molar-refractivity contribution in [3.05, 3.63) is 52.7 Å². The SMILES string of the molecule is CCCS(=O)(=O)N1CCN(c2nc(C(C)C)nc(CC)c2Cc2ccc(F)cc2)CC1. The van der Waals surface area contributed by atoms with Gasteiger partial charge in [0.1, 0.15) is 17.5 Å². The average molecular weight is 449 g/mol. The van der Waals surface area contributed by atoms with Gasteiger partial charge in [0.05, 0.1) is 5.75 Å². The van der Waals surface area contributed by atoms with Crippen LogP contribution < -0.4 is 4.90 Å². The molecule has 0 N–H and O–H groups in total. The third-order valence-corrected chi connectivity index (χ3v) is 7.70. The summed E-state index contributed by atoms with van der Waals surface area (Å²) < 4.78 is 39.9. The Morgan fingerprint density at radius 2 is 1.68 bits per heavy atom. The number of halogens is 1. The molecule has 0 bridgehead atoms. The summed E-state index contributed by atoms with van der Waals surface area (Å²) in [5, 5.41) is 0. The number of nitrogens with zero attached hydrogens (tertiary/aromatic N) is 4. The maximum Gasteiger partial charge on any atom is 0.214 e. The minimum absolute atomic E-state index is 0.188. The molecule has 2 aromatic rings. The molecule has 0 saturated carbocycles. The molecule has 31 heavy (non-hydrogen) atoms. The molecule has 3 rings (SSSR count). The van der Waals surface area contributed by atoms with Gasteiger partial charge in [0.15, 0.2) is 0 Å².